The fourth-order valence-electron chi connectivity index (χ4n) is 3.06. The van der Waals surface area contributed by atoms with Crippen LogP contribution >= 0.6 is 0 Å². The first-order valence-corrected chi connectivity index (χ1v) is 7.49. The maximum absolute atomic E-state index is 12.9. The topological polar surface area (TPSA) is 64.9 Å². The number of benzene rings is 1. The zero-order valence-electron chi connectivity index (χ0n) is 12.0. The third-order valence-corrected chi connectivity index (χ3v) is 4.40. The summed E-state index contributed by atoms with van der Waals surface area (Å²) in [4.78, 5) is 4.54. The number of hydrogen-bond donors (Lipinski definition) is 1. The lowest BCUT2D eigenvalue weighted by Gasteiger charge is -2.32. The minimum absolute atomic E-state index is 0.147. The summed E-state index contributed by atoms with van der Waals surface area (Å²) in [5, 5.41) is 4.07. The molecule has 3 rings (SSSR count). The Morgan fingerprint density at radius 1 is 1.14 bits per heavy atom. The van der Waals surface area contributed by atoms with Gasteiger partial charge in [0.2, 0.25) is 5.89 Å². The molecule has 0 saturated heterocycles. The van der Waals surface area contributed by atoms with Gasteiger partial charge in [-0.1, -0.05) is 36.6 Å². The molecule has 0 amide bonds. The summed E-state index contributed by atoms with van der Waals surface area (Å²) in [5.41, 5.74) is 6.80. The predicted molar refractivity (Wildman–Crippen MR) is 77.3 cm³/mol. The molecule has 2 aromatic rings. The summed E-state index contributed by atoms with van der Waals surface area (Å²) >= 11 is 0. The van der Waals surface area contributed by atoms with Crippen LogP contribution < -0.4 is 5.73 Å². The lowest BCUT2D eigenvalue weighted by molar-refractivity contribution is 0.219. The number of rotatable bonds is 4. The molecule has 1 saturated carbocycles. The molecule has 112 valence electrons. The smallest absolute Gasteiger partial charge is 0.234 e. The van der Waals surface area contributed by atoms with Gasteiger partial charge in [-0.3, -0.25) is 0 Å². The second-order valence-electron chi connectivity index (χ2n) is 5.86. The van der Waals surface area contributed by atoms with Crippen molar-refractivity contribution in [3.8, 4) is 0 Å². The molecular formula is C16H20FN3O. The molecule has 5 heteroatoms. The van der Waals surface area contributed by atoms with Gasteiger partial charge >= 0.3 is 0 Å². The highest BCUT2D eigenvalue weighted by atomic mass is 19.1. The van der Waals surface area contributed by atoms with E-state index >= 15 is 0 Å². The molecule has 0 aliphatic heterocycles. The molecule has 1 aromatic carbocycles. The van der Waals surface area contributed by atoms with Crippen LogP contribution in [0.1, 0.15) is 49.4 Å². The zero-order valence-corrected chi connectivity index (χ0v) is 12.0. The average Bonchev–Trinajstić information content (AvgIpc) is 2.99. The van der Waals surface area contributed by atoms with Crippen molar-refractivity contribution in [3.05, 3.63) is 47.4 Å². The van der Waals surface area contributed by atoms with Crippen LogP contribution in [0.3, 0.4) is 0 Å². The molecule has 1 aliphatic rings. The van der Waals surface area contributed by atoms with E-state index in [1.165, 1.54) is 18.6 Å². The number of nitrogens with two attached hydrogens (primary N) is 1. The van der Waals surface area contributed by atoms with E-state index in [9.17, 15) is 4.39 Å². The Labute approximate surface area is 123 Å². The van der Waals surface area contributed by atoms with Crippen LogP contribution in [0.5, 0.6) is 0 Å². The molecule has 0 unspecified atom stereocenters. The van der Waals surface area contributed by atoms with Gasteiger partial charge in [0.05, 0.1) is 5.41 Å². The molecule has 1 fully saturated rings. The lowest BCUT2D eigenvalue weighted by Crippen LogP contribution is -2.37. The van der Waals surface area contributed by atoms with Gasteiger partial charge in [0.1, 0.15) is 5.82 Å². The van der Waals surface area contributed by atoms with E-state index < -0.39 is 0 Å². The van der Waals surface area contributed by atoms with E-state index in [2.05, 4.69) is 10.1 Å². The first-order valence-electron chi connectivity index (χ1n) is 7.49. The molecule has 0 spiro atoms. The Morgan fingerprint density at radius 2 is 1.86 bits per heavy atom. The van der Waals surface area contributed by atoms with Gasteiger partial charge in [0.25, 0.3) is 0 Å². The van der Waals surface area contributed by atoms with Crippen molar-refractivity contribution in [1.29, 1.82) is 0 Å². The molecule has 0 radical (unpaired) electrons. The zero-order chi connectivity index (χ0) is 14.7. The molecule has 0 atom stereocenters. The van der Waals surface area contributed by atoms with E-state index in [4.69, 9.17) is 10.3 Å². The summed E-state index contributed by atoms with van der Waals surface area (Å²) in [5.74, 6) is 1.06. The number of aromatic nitrogens is 2. The minimum Gasteiger partial charge on any atom is -0.339 e. The Bertz CT molecular complexity index is 588. The standard InChI is InChI=1S/C16H20FN3O/c17-13-6-4-12(5-7-13)10-14-19-15(21-20-14)16(11-18)8-2-1-3-9-16/h4-7H,1-3,8-11,18H2. The number of nitrogens with zero attached hydrogens (tertiary/aromatic N) is 2. The Balaban J connectivity index is 1.77. The van der Waals surface area contributed by atoms with Gasteiger partial charge in [-0.2, -0.15) is 4.98 Å². The van der Waals surface area contributed by atoms with Crippen LogP contribution in [-0.2, 0) is 11.8 Å². The van der Waals surface area contributed by atoms with Crippen LogP contribution in [-0.4, -0.2) is 16.7 Å². The van der Waals surface area contributed by atoms with Crippen LogP contribution in [0.4, 0.5) is 4.39 Å². The van der Waals surface area contributed by atoms with Gasteiger partial charge in [-0.05, 0) is 30.5 Å². The Hall–Kier alpha value is -1.75. The molecule has 0 bridgehead atoms. The third-order valence-electron chi connectivity index (χ3n) is 4.40. The highest BCUT2D eigenvalue weighted by Crippen LogP contribution is 2.37. The van der Waals surface area contributed by atoms with Crippen molar-refractivity contribution < 1.29 is 8.91 Å². The number of halogens is 1. The largest absolute Gasteiger partial charge is 0.339 e. The van der Waals surface area contributed by atoms with Gasteiger partial charge in [0, 0.05) is 13.0 Å². The van der Waals surface area contributed by atoms with Crippen molar-refractivity contribution >= 4 is 0 Å². The highest BCUT2D eigenvalue weighted by Gasteiger charge is 2.37. The van der Waals surface area contributed by atoms with Crippen LogP contribution in [0.15, 0.2) is 28.8 Å². The molecular weight excluding hydrogens is 269 g/mol. The van der Waals surface area contributed by atoms with E-state index in [0.29, 0.717) is 24.7 Å². The molecule has 21 heavy (non-hydrogen) atoms. The van der Waals surface area contributed by atoms with Crippen LogP contribution in [0, 0.1) is 5.82 Å². The van der Waals surface area contributed by atoms with Crippen molar-refractivity contribution in [2.24, 2.45) is 5.73 Å². The normalized spacial score (nSPS) is 17.8. The van der Waals surface area contributed by atoms with Crippen LogP contribution in [0.25, 0.3) is 0 Å². The van der Waals surface area contributed by atoms with E-state index in [1.54, 1.807) is 12.1 Å². The van der Waals surface area contributed by atoms with Crippen molar-refractivity contribution in [3.63, 3.8) is 0 Å². The van der Waals surface area contributed by atoms with Crippen LogP contribution in [0.2, 0.25) is 0 Å². The first kappa shape index (κ1) is 14.2. The molecule has 1 heterocycles. The molecule has 4 nitrogen and oxygen atoms in total. The van der Waals surface area contributed by atoms with Gasteiger partial charge in [0.15, 0.2) is 5.82 Å². The van der Waals surface area contributed by atoms with Crippen molar-refractivity contribution in [2.45, 2.75) is 43.9 Å². The molecule has 2 N–H and O–H groups in total. The number of hydrogen-bond acceptors (Lipinski definition) is 4. The van der Waals surface area contributed by atoms with Gasteiger partial charge < -0.3 is 10.3 Å². The van der Waals surface area contributed by atoms with Crippen molar-refractivity contribution in [1.82, 2.24) is 10.1 Å². The fraction of sp³-hybridized carbons (Fsp3) is 0.500. The molecule has 1 aromatic heterocycles. The van der Waals surface area contributed by atoms with Gasteiger partial charge in [-0.25, -0.2) is 4.39 Å². The summed E-state index contributed by atoms with van der Waals surface area (Å²) in [6, 6.07) is 6.37. The van der Waals surface area contributed by atoms with Gasteiger partial charge in [-0.15, -0.1) is 0 Å². The fourth-order valence-corrected chi connectivity index (χ4v) is 3.06. The summed E-state index contributed by atoms with van der Waals surface area (Å²) < 4.78 is 18.4. The maximum atomic E-state index is 12.9. The van der Waals surface area contributed by atoms with E-state index in [0.717, 1.165) is 31.2 Å². The highest BCUT2D eigenvalue weighted by molar-refractivity contribution is 5.20. The summed E-state index contributed by atoms with van der Waals surface area (Å²) in [6.45, 7) is 0.547. The second kappa shape index (κ2) is 5.93. The predicted octanol–water partition coefficient (Wildman–Crippen LogP) is 2.96. The lowest BCUT2D eigenvalue weighted by atomic mass is 9.74. The molecule has 1 aliphatic carbocycles. The first-order chi connectivity index (χ1) is 10.2. The van der Waals surface area contributed by atoms with Crippen molar-refractivity contribution in [2.75, 3.05) is 6.54 Å². The van der Waals surface area contributed by atoms with E-state index in [-0.39, 0.29) is 11.2 Å². The average molecular weight is 289 g/mol. The minimum atomic E-state index is -0.239. The SMILES string of the molecule is NCC1(c2nc(Cc3ccc(F)cc3)no2)CCCCC1. The Kier molecular flexibility index (Phi) is 4.01. The summed E-state index contributed by atoms with van der Waals surface area (Å²) in [6.07, 6.45) is 6.14. The van der Waals surface area contributed by atoms with E-state index in [1.807, 2.05) is 0 Å². The summed E-state index contributed by atoms with van der Waals surface area (Å²) in [7, 11) is 0. The third kappa shape index (κ3) is 2.97. The quantitative estimate of drug-likeness (QED) is 0.939. The Morgan fingerprint density at radius 3 is 2.52 bits per heavy atom. The maximum Gasteiger partial charge on any atom is 0.234 e. The second-order valence-corrected chi connectivity index (χ2v) is 5.86. The monoisotopic (exact) mass is 289 g/mol.